The average molecular weight is 449 g/mol. The van der Waals surface area contributed by atoms with Gasteiger partial charge in [0.1, 0.15) is 5.02 Å². The van der Waals surface area contributed by atoms with Gasteiger partial charge < -0.3 is 4.57 Å². The van der Waals surface area contributed by atoms with E-state index in [1.54, 1.807) is 0 Å². The maximum atomic E-state index is 12.9. The van der Waals surface area contributed by atoms with Crippen LogP contribution in [0.3, 0.4) is 0 Å². The number of nitrogens with zero attached hydrogens (tertiary/aromatic N) is 2. The molecule has 0 spiro atoms. The second-order valence-corrected chi connectivity index (χ2v) is 9.03. The van der Waals surface area contributed by atoms with E-state index in [4.69, 9.17) is 11.6 Å². The number of benzene rings is 1. The Morgan fingerprint density at radius 1 is 1.24 bits per heavy atom. The number of hydrogen-bond acceptors (Lipinski definition) is 4. The first-order valence-electron chi connectivity index (χ1n) is 8.49. The number of aryl methyl sites for hydroxylation is 1. The van der Waals surface area contributed by atoms with Crippen molar-refractivity contribution in [2.24, 2.45) is 0 Å². The molecule has 156 valence electrons. The van der Waals surface area contributed by atoms with Gasteiger partial charge in [-0.2, -0.15) is 13.2 Å². The average Bonchev–Trinajstić information content (AvgIpc) is 2.62. The zero-order valence-corrected chi connectivity index (χ0v) is 16.7. The van der Waals surface area contributed by atoms with Crippen LogP contribution in [0.4, 0.5) is 18.9 Å². The summed E-state index contributed by atoms with van der Waals surface area (Å²) in [5, 5.41) is -0.637. The Morgan fingerprint density at radius 3 is 2.55 bits per heavy atom. The molecule has 0 amide bonds. The molecule has 0 unspecified atom stereocenters. The molecule has 1 aliphatic heterocycles. The number of hydrogen-bond donors (Lipinski definition) is 0. The Hall–Kier alpha value is -2.33. The van der Waals surface area contributed by atoms with Crippen LogP contribution in [0.15, 0.2) is 35.3 Å². The van der Waals surface area contributed by atoms with Crippen LogP contribution in [-0.4, -0.2) is 31.6 Å². The van der Waals surface area contributed by atoms with Gasteiger partial charge in [0, 0.05) is 18.3 Å². The Labute approximate surface area is 169 Å². The molecular formula is C18H16ClF3N2O4S. The molecule has 1 aromatic carbocycles. The molecule has 6 nitrogen and oxygen atoms in total. The summed E-state index contributed by atoms with van der Waals surface area (Å²) in [5.41, 5.74) is -0.769. The molecule has 0 fully saturated rings. The molecule has 0 saturated heterocycles. The number of halogens is 4. The summed E-state index contributed by atoms with van der Waals surface area (Å²) in [6.45, 7) is -0.297. The number of Topliss-reactive ketones (excluding diaryl/α,β-unsaturated/α-hetero) is 1. The molecule has 0 N–H and O–H groups in total. The normalized spacial score (nSPS) is 14.6. The van der Waals surface area contributed by atoms with Crippen LogP contribution in [0, 0.1) is 0 Å². The SMILES string of the molecule is CS(=O)(=O)N1CCCc2cc(C(=O)Cn3cc(C(F)(F)F)cc(Cl)c3=O)ccc21. The van der Waals surface area contributed by atoms with Crippen molar-refractivity contribution >= 4 is 33.1 Å². The van der Waals surface area contributed by atoms with E-state index in [1.807, 2.05) is 0 Å². The van der Waals surface area contributed by atoms with Gasteiger partial charge in [0.15, 0.2) is 5.78 Å². The Morgan fingerprint density at radius 2 is 1.93 bits per heavy atom. The topological polar surface area (TPSA) is 76.5 Å². The quantitative estimate of drug-likeness (QED) is 0.673. The fourth-order valence-corrected chi connectivity index (χ4v) is 4.42. The predicted molar refractivity (Wildman–Crippen MR) is 102 cm³/mol. The Balaban J connectivity index is 1.93. The van der Waals surface area contributed by atoms with Gasteiger partial charge in [-0.15, -0.1) is 0 Å². The zero-order valence-electron chi connectivity index (χ0n) is 15.2. The molecule has 2 heterocycles. The van der Waals surface area contributed by atoms with Crippen molar-refractivity contribution in [3.63, 3.8) is 0 Å². The van der Waals surface area contributed by atoms with Crippen LogP contribution < -0.4 is 9.86 Å². The molecule has 29 heavy (non-hydrogen) atoms. The van der Waals surface area contributed by atoms with E-state index < -0.39 is 44.7 Å². The van der Waals surface area contributed by atoms with Gasteiger partial charge >= 0.3 is 6.18 Å². The number of rotatable bonds is 4. The summed E-state index contributed by atoms with van der Waals surface area (Å²) in [6, 6.07) is 4.91. The minimum Gasteiger partial charge on any atom is -0.306 e. The highest BCUT2D eigenvalue weighted by Crippen LogP contribution is 2.31. The number of carbonyl (C=O) groups is 1. The molecule has 2 aromatic rings. The maximum Gasteiger partial charge on any atom is 0.417 e. The second kappa shape index (κ2) is 7.49. The van der Waals surface area contributed by atoms with Crippen LogP contribution in [-0.2, 0) is 29.2 Å². The van der Waals surface area contributed by atoms with Crippen molar-refractivity contribution in [1.82, 2.24) is 4.57 Å². The summed E-state index contributed by atoms with van der Waals surface area (Å²) in [4.78, 5) is 24.6. The van der Waals surface area contributed by atoms with Gasteiger partial charge in [0.05, 0.1) is 24.1 Å². The van der Waals surface area contributed by atoms with Crippen molar-refractivity contribution < 1.29 is 26.4 Å². The van der Waals surface area contributed by atoms with Gasteiger partial charge in [-0.05, 0) is 42.7 Å². The van der Waals surface area contributed by atoms with E-state index >= 15 is 0 Å². The highest BCUT2D eigenvalue weighted by Gasteiger charge is 2.32. The number of sulfonamides is 1. The van der Waals surface area contributed by atoms with Crippen LogP contribution >= 0.6 is 11.6 Å². The number of pyridine rings is 1. The Bertz CT molecular complexity index is 1140. The first-order valence-corrected chi connectivity index (χ1v) is 10.7. The van der Waals surface area contributed by atoms with E-state index in [0.29, 0.717) is 47.5 Å². The lowest BCUT2D eigenvalue weighted by atomic mass is 9.99. The lowest BCUT2D eigenvalue weighted by Gasteiger charge is -2.29. The van der Waals surface area contributed by atoms with E-state index in [9.17, 15) is 31.2 Å². The van der Waals surface area contributed by atoms with Crippen molar-refractivity contribution in [2.45, 2.75) is 25.6 Å². The molecule has 1 aromatic heterocycles. The summed E-state index contributed by atoms with van der Waals surface area (Å²) >= 11 is 5.60. The number of fused-ring (bicyclic) bond motifs is 1. The van der Waals surface area contributed by atoms with Gasteiger partial charge in [0.2, 0.25) is 10.0 Å². The maximum absolute atomic E-state index is 12.9. The summed E-state index contributed by atoms with van der Waals surface area (Å²) in [6.07, 6.45) is -1.96. The lowest BCUT2D eigenvalue weighted by Crippen LogP contribution is -2.34. The smallest absolute Gasteiger partial charge is 0.306 e. The van der Waals surface area contributed by atoms with Crippen molar-refractivity contribution in [2.75, 3.05) is 17.1 Å². The number of alkyl halides is 3. The van der Waals surface area contributed by atoms with Crippen LogP contribution in [0.2, 0.25) is 5.02 Å². The first-order chi connectivity index (χ1) is 13.4. The van der Waals surface area contributed by atoms with Gasteiger partial charge in [-0.1, -0.05) is 11.6 Å². The molecule has 0 aliphatic carbocycles. The van der Waals surface area contributed by atoms with E-state index in [1.165, 1.54) is 22.5 Å². The standard InChI is InChI=1S/C18H16ClF3N2O4S/c1-29(27,28)24-6-2-3-11-7-12(4-5-15(11)24)16(25)10-23-9-13(18(20,21)22)8-14(19)17(23)26/h4-5,7-9H,2-3,6,10H2,1H3. The minimum absolute atomic E-state index is 0.166. The minimum atomic E-state index is -4.72. The van der Waals surface area contributed by atoms with Gasteiger partial charge in [-0.3, -0.25) is 13.9 Å². The zero-order chi connectivity index (χ0) is 21.6. The number of ketones is 1. The predicted octanol–water partition coefficient (Wildman–Crippen LogP) is 3.12. The summed E-state index contributed by atoms with van der Waals surface area (Å²) < 4.78 is 64.5. The van der Waals surface area contributed by atoms with E-state index in [-0.39, 0.29) is 5.56 Å². The lowest BCUT2D eigenvalue weighted by molar-refractivity contribution is -0.138. The van der Waals surface area contributed by atoms with E-state index in [2.05, 4.69) is 0 Å². The molecule has 1 aliphatic rings. The largest absolute Gasteiger partial charge is 0.417 e. The third-order valence-electron chi connectivity index (χ3n) is 4.56. The van der Waals surface area contributed by atoms with Gasteiger partial charge in [0.25, 0.3) is 5.56 Å². The fraction of sp³-hybridized carbons (Fsp3) is 0.333. The highest BCUT2D eigenvalue weighted by molar-refractivity contribution is 7.92. The molecule has 0 atom stereocenters. The molecule has 0 radical (unpaired) electrons. The third-order valence-corrected chi connectivity index (χ3v) is 6.01. The Kier molecular flexibility index (Phi) is 5.52. The van der Waals surface area contributed by atoms with Crippen molar-refractivity contribution in [3.8, 4) is 0 Å². The molecule has 3 rings (SSSR count). The molecule has 0 bridgehead atoms. The van der Waals surface area contributed by atoms with Crippen molar-refractivity contribution in [1.29, 1.82) is 0 Å². The molecule has 0 saturated carbocycles. The summed E-state index contributed by atoms with van der Waals surface area (Å²) in [5.74, 6) is -0.596. The molecular weight excluding hydrogens is 433 g/mol. The van der Waals surface area contributed by atoms with Crippen molar-refractivity contribution in [3.05, 3.63) is 62.5 Å². The number of aromatic nitrogens is 1. The van der Waals surface area contributed by atoms with Crippen LogP contribution in [0.5, 0.6) is 0 Å². The van der Waals surface area contributed by atoms with E-state index in [0.717, 1.165) is 6.26 Å². The van der Waals surface area contributed by atoms with Crippen LogP contribution in [0.25, 0.3) is 0 Å². The fourth-order valence-electron chi connectivity index (χ4n) is 3.20. The summed E-state index contributed by atoms with van der Waals surface area (Å²) in [7, 11) is -3.47. The number of anilines is 1. The molecule has 11 heteroatoms. The van der Waals surface area contributed by atoms with Gasteiger partial charge in [-0.25, -0.2) is 8.42 Å². The number of carbonyl (C=O) groups excluding carboxylic acids is 1. The third kappa shape index (κ3) is 4.48. The monoisotopic (exact) mass is 448 g/mol. The van der Waals surface area contributed by atoms with Crippen LogP contribution in [0.1, 0.15) is 27.9 Å². The second-order valence-electron chi connectivity index (χ2n) is 6.71. The highest BCUT2D eigenvalue weighted by atomic mass is 35.5. The first kappa shape index (κ1) is 21.4.